The topological polar surface area (TPSA) is 51.2 Å². The normalized spacial score (nSPS) is 13.0. The Morgan fingerprint density at radius 2 is 2.36 bits per heavy atom. The summed E-state index contributed by atoms with van der Waals surface area (Å²) in [6.45, 7) is 4.07. The van der Waals surface area contributed by atoms with Gasteiger partial charge in [-0.3, -0.25) is 0 Å². The minimum atomic E-state index is 0.321. The van der Waals surface area contributed by atoms with Gasteiger partial charge in [0.1, 0.15) is 5.76 Å². The summed E-state index contributed by atoms with van der Waals surface area (Å²) < 4.78 is 5.22. The van der Waals surface area contributed by atoms with Crippen LogP contribution in [0.15, 0.2) is 22.8 Å². The highest BCUT2D eigenvalue weighted by Gasteiger charge is 1.96. The van der Waals surface area contributed by atoms with Gasteiger partial charge >= 0.3 is 0 Å². The summed E-state index contributed by atoms with van der Waals surface area (Å²) in [6, 6.07) is 4.25. The summed E-state index contributed by atoms with van der Waals surface area (Å²) >= 11 is 0. The van der Waals surface area contributed by atoms with Gasteiger partial charge in [0.2, 0.25) is 0 Å². The lowest BCUT2D eigenvalue weighted by molar-refractivity contribution is 0.494. The minimum Gasteiger partial charge on any atom is -0.469 e. The van der Waals surface area contributed by atoms with E-state index in [1.54, 1.807) is 6.26 Å². The van der Waals surface area contributed by atoms with E-state index in [1.165, 1.54) is 0 Å². The molecule has 1 atom stereocenters. The van der Waals surface area contributed by atoms with Gasteiger partial charge in [0.05, 0.1) is 6.26 Å². The fourth-order valence-electron chi connectivity index (χ4n) is 1.34. The van der Waals surface area contributed by atoms with Crippen LogP contribution in [0.1, 0.15) is 25.5 Å². The number of furan rings is 1. The SMILES string of the molecule is CC(N)CCCNCCc1ccco1. The molecule has 0 aromatic carbocycles. The van der Waals surface area contributed by atoms with Crippen molar-refractivity contribution in [2.75, 3.05) is 13.1 Å². The lowest BCUT2D eigenvalue weighted by Gasteiger charge is -2.05. The number of nitrogens with two attached hydrogens (primary N) is 1. The van der Waals surface area contributed by atoms with Crippen molar-refractivity contribution in [3.05, 3.63) is 24.2 Å². The molecule has 1 unspecified atom stereocenters. The van der Waals surface area contributed by atoms with E-state index in [1.807, 2.05) is 19.1 Å². The molecule has 0 fully saturated rings. The van der Waals surface area contributed by atoms with E-state index in [0.717, 1.165) is 38.1 Å². The first-order chi connectivity index (χ1) is 6.79. The second-order valence-electron chi connectivity index (χ2n) is 3.70. The van der Waals surface area contributed by atoms with Gasteiger partial charge in [-0.25, -0.2) is 0 Å². The van der Waals surface area contributed by atoms with Crippen LogP contribution in [0.5, 0.6) is 0 Å². The highest BCUT2D eigenvalue weighted by atomic mass is 16.3. The van der Waals surface area contributed by atoms with E-state index in [0.29, 0.717) is 6.04 Å². The Bertz CT molecular complexity index is 219. The first kappa shape index (κ1) is 11.3. The quantitative estimate of drug-likeness (QED) is 0.650. The van der Waals surface area contributed by atoms with Crippen LogP contribution >= 0.6 is 0 Å². The molecule has 3 N–H and O–H groups in total. The van der Waals surface area contributed by atoms with Crippen molar-refractivity contribution in [1.29, 1.82) is 0 Å². The van der Waals surface area contributed by atoms with Crippen molar-refractivity contribution in [3.63, 3.8) is 0 Å². The van der Waals surface area contributed by atoms with Crippen molar-refractivity contribution in [2.24, 2.45) is 5.73 Å². The molecule has 80 valence electrons. The largest absolute Gasteiger partial charge is 0.469 e. The predicted molar refractivity (Wildman–Crippen MR) is 58.2 cm³/mol. The third-order valence-electron chi connectivity index (χ3n) is 2.14. The van der Waals surface area contributed by atoms with Gasteiger partial charge in [-0.05, 0) is 38.4 Å². The number of hydrogen-bond acceptors (Lipinski definition) is 3. The summed E-state index contributed by atoms with van der Waals surface area (Å²) in [4.78, 5) is 0. The second kappa shape index (κ2) is 6.62. The maximum absolute atomic E-state index is 5.64. The van der Waals surface area contributed by atoms with Gasteiger partial charge in [0.15, 0.2) is 0 Å². The molecule has 0 radical (unpaired) electrons. The Labute approximate surface area is 85.7 Å². The van der Waals surface area contributed by atoms with Gasteiger partial charge in [-0.1, -0.05) is 0 Å². The summed E-state index contributed by atoms with van der Waals surface area (Å²) in [6.07, 6.45) is 4.92. The van der Waals surface area contributed by atoms with Crippen LogP contribution in [-0.2, 0) is 6.42 Å². The third-order valence-corrected chi connectivity index (χ3v) is 2.14. The first-order valence-electron chi connectivity index (χ1n) is 5.27. The Morgan fingerprint density at radius 1 is 1.50 bits per heavy atom. The fourth-order valence-corrected chi connectivity index (χ4v) is 1.34. The van der Waals surface area contributed by atoms with Gasteiger partial charge in [-0.2, -0.15) is 0 Å². The molecule has 0 saturated carbocycles. The van der Waals surface area contributed by atoms with Crippen LogP contribution in [0, 0.1) is 0 Å². The number of hydrogen-bond donors (Lipinski definition) is 2. The summed E-state index contributed by atoms with van der Waals surface area (Å²) in [5.74, 6) is 1.05. The summed E-state index contributed by atoms with van der Waals surface area (Å²) in [7, 11) is 0. The average Bonchev–Trinajstić information content (AvgIpc) is 2.63. The molecule has 0 spiro atoms. The van der Waals surface area contributed by atoms with Crippen LogP contribution < -0.4 is 11.1 Å². The lowest BCUT2D eigenvalue weighted by atomic mass is 10.2. The fraction of sp³-hybridized carbons (Fsp3) is 0.636. The second-order valence-corrected chi connectivity index (χ2v) is 3.70. The van der Waals surface area contributed by atoms with Crippen LogP contribution in [0.3, 0.4) is 0 Å². The van der Waals surface area contributed by atoms with Crippen molar-refractivity contribution >= 4 is 0 Å². The molecule has 1 heterocycles. The maximum Gasteiger partial charge on any atom is 0.105 e. The molecule has 3 nitrogen and oxygen atoms in total. The molecule has 14 heavy (non-hydrogen) atoms. The van der Waals surface area contributed by atoms with Crippen molar-refractivity contribution in [3.8, 4) is 0 Å². The van der Waals surface area contributed by atoms with Gasteiger partial charge in [-0.15, -0.1) is 0 Å². The van der Waals surface area contributed by atoms with E-state index in [4.69, 9.17) is 10.2 Å². The van der Waals surface area contributed by atoms with Crippen molar-refractivity contribution < 1.29 is 4.42 Å². The first-order valence-corrected chi connectivity index (χ1v) is 5.27. The highest BCUT2D eigenvalue weighted by molar-refractivity contribution is 4.98. The van der Waals surface area contributed by atoms with Gasteiger partial charge in [0.25, 0.3) is 0 Å². The molecule has 0 amide bonds. The van der Waals surface area contributed by atoms with E-state index in [9.17, 15) is 0 Å². The van der Waals surface area contributed by atoms with Crippen LogP contribution in [0.2, 0.25) is 0 Å². The zero-order valence-corrected chi connectivity index (χ0v) is 8.83. The smallest absolute Gasteiger partial charge is 0.105 e. The van der Waals surface area contributed by atoms with Crippen LogP contribution in [0.4, 0.5) is 0 Å². The van der Waals surface area contributed by atoms with E-state index >= 15 is 0 Å². The summed E-state index contributed by atoms with van der Waals surface area (Å²) in [5.41, 5.74) is 5.64. The standard InChI is InChI=1S/C11H20N2O/c1-10(12)4-2-7-13-8-6-11-5-3-9-14-11/h3,5,9-10,13H,2,4,6-8,12H2,1H3. The van der Waals surface area contributed by atoms with Crippen LogP contribution in [-0.4, -0.2) is 19.1 Å². The molecule has 1 rings (SSSR count). The van der Waals surface area contributed by atoms with Crippen molar-refractivity contribution in [1.82, 2.24) is 5.32 Å². The zero-order valence-electron chi connectivity index (χ0n) is 8.83. The molecule has 1 aromatic rings. The molecule has 0 bridgehead atoms. The Hall–Kier alpha value is -0.800. The van der Waals surface area contributed by atoms with E-state index in [2.05, 4.69) is 5.32 Å². The van der Waals surface area contributed by atoms with E-state index in [-0.39, 0.29) is 0 Å². The monoisotopic (exact) mass is 196 g/mol. The Kier molecular flexibility index (Phi) is 5.33. The Morgan fingerprint density at radius 3 is 3.00 bits per heavy atom. The highest BCUT2D eigenvalue weighted by Crippen LogP contribution is 1.99. The molecule has 3 heteroatoms. The number of nitrogens with one attached hydrogen (secondary N) is 1. The molecular formula is C11H20N2O. The van der Waals surface area contributed by atoms with Crippen LogP contribution in [0.25, 0.3) is 0 Å². The lowest BCUT2D eigenvalue weighted by Crippen LogP contribution is -2.21. The Balaban J connectivity index is 1.90. The molecular weight excluding hydrogens is 176 g/mol. The molecule has 0 aliphatic heterocycles. The molecule has 0 aliphatic carbocycles. The maximum atomic E-state index is 5.64. The zero-order chi connectivity index (χ0) is 10.2. The van der Waals surface area contributed by atoms with Gasteiger partial charge < -0.3 is 15.5 Å². The predicted octanol–water partition coefficient (Wildman–Crippen LogP) is 1.54. The minimum absolute atomic E-state index is 0.321. The molecule has 0 aliphatic rings. The average molecular weight is 196 g/mol. The van der Waals surface area contributed by atoms with Crippen molar-refractivity contribution in [2.45, 2.75) is 32.2 Å². The van der Waals surface area contributed by atoms with Gasteiger partial charge in [0, 0.05) is 19.0 Å². The number of rotatable bonds is 7. The summed E-state index contributed by atoms with van der Waals surface area (Å²) in [5, 5.41) is 3.36. The molecule has 1 aromatic heterocycles. The third kappa shape index (κ3) is 5.04. The molecule has 0 saturated heterocycles. The van der Waals surface area contributed by atoms with E-state index < -0.39 is 0 Å².